The largest absolute Gasteiger partial charge is 0.528 e. The molecular weight excluding hydrogens is 517 g/mol. The number of carbonyl (C=O) groups is 2. The summed E-state index contributed by atoms with van der Waals surface area (Å²) in [6.45, 7) is -0.302. The lowest BCUT2D eigenvalue weighted by atomic mass is 9.89. The van der Waals surface area contributed by atoms with Crippen LogP contribution in [0.15, 0.2) is 60.7 Å². The number of nitrogens with zero attached hydrogens (tertiary/aromatic N) is 1. The highest BCUT2D eigenvalue weighted by molar-refractivity contribution is 6.42. The molecule has 3 aromatic carbocycles. The maximum atomic E-state index is 12.6. The minimum atomic E-state index is -1.12. The molecule has 7 nitrogen and oxygen atoms in total. The molecule has 182 valence electrons. The smallest absolute Gasteiger partial charge is 0.482 e. The van der Waals surface area contributed by atoms with Crippen LogP contribution >= 0.6 is 34.8 Å². The Labute approximate surface area is 216 Å². The number of carboxylic acid groups (broad SMARTS) is 1. The van der Waals surface area contributed by atoms with E-state index >= 15 is 0 Å². The molecule has 1 unspecified atom stereocenters. The van der Waals surface area contributed by atoms with Crippen molar-refractivity contribution >= 4 is 46.9 Å². The lowest BCUT2D eigenvalue weighted by molar-refractivity contribution is -0.152. The fourth-order valence-corrected chi connectivity index (χ4v) is 4.44. The van der Waals surface area contributed by atoms with E-state index in [-0.39, 0.29) is 6.61 Å². The lowest BCUT2D eigenvalue weighted by Crippen LogP contribution is -2.38. The van der Waals surface area contributed by atoms with Crippen LogP contribution in [0.5, 0.6) is 5.75 Å². The van der Waals surface area contributed by atoms with Gasteiger partial charge >= 0.3 is 12.1 Å². The van der Waals surface area contributed by atoms with Crippen molar-refractivity contribution in [3.63, 3.8) is 0 Å². The maximum Gasteiger partial charge on any atom is 0.528 e. The Morgan fingerprint density at radius 1 is 1.00 bits per heavy atom. The Balaban J connectivity index is 1.61. The van der Waals surface area contributed by atoms with Gasteiger partial charge < -0.3 is 19.4 Å². The molecule has 0 radical (unpaired) electrons. The molecule has 0 spiro atoms. The third-order valence-electron chi connectivity index (χ3n) is 5.43. The van der Waals surface area contributed by atoms with Crippen LogP contribution in [0.25, 0.3) is 0 Å². The SMILES string of the molecule is O=C(O)COc1ccc(Cl)cc1C1c2ccccc2CCN1OC(=O)OCc1cccc(Cl)c1Cl. The van der Waals surface area contributed by atoms with Crippen LogP contribution in [-0.4, -0.2) is 35.4 Å². The van der Waals surface area contributed by atoms with Crippen molar-refractivity contribution < 1.29 is 29.0 Å². The van der Waals surface area contributed by atoms with Crippen molar-refractivity contribution in [1.29, 1.82) is 0 Å². The molecule has 0 aromatic heterocycles. The second-order valence-electron chi connectivity index (χ2n) is 7.70. The summed E-state index contributed by atoms with van der Waals surface area (Å²) in [7, 11) is 0. The molecule has 0 fully saturated rings. The molecule has 1 atom stereocenters. The first-order valence-electron chi connectivity index (χ1n) is 10.6. The van der Waals surface area contributed by atoms with Crippen molar-refractivity contribution in [3.8, 4) is 5.75 Å². The molecule has 0 amide bonds. The molecule has 0 bridgehead atoms. The van der Waals surface area contributed by atoms with Crippen LogP contribution in [0, 0.1) is 0 Å². The number of ether oxygens (including phenoxy) is 2. The molecule has 0 aliphatic carbocycles. The molecular formula is C25H20Cl3NO6. The highest BCUT2D eigenvalue weighted by atomic mass is 35.5. The number of hydrogen-bond donors (Lipinski definition) is 1. The van der Waals surface area contributed by atoms with Gasteiger partial charge in [0.05, 0.1) is 16.1 Å². The average Bonchev–Trinajstić information content (AvgIpc) is 2.84. The molecule has 0 saturated carbocycles. The van der Waals surface area contributed by atoms with Crippen molar-refractivity contribution in [2.24, 2.45) is 0 Å². The van der Waals surface area contributed by atoms with Gasteiger partial charge in [-0.1, -0.05) is 71.2 Å². The van der Waals surface area contributed by atoms with E-state index in [1.807, 2.05) is 24.3 Å². The van der Waals surface area contributed by atoms with E-state index in [4.69, 9.17) is 54.2 Å². The molecule has 4 rings (SSSR count). The standard InChI is InChI=1S/C25H20Cl3NO6/c26-17-8-9-21(33-14-22(30)31)19(12-17)24-18-6-2-1-4-15(18)10-11-29(24)35-25(32)34-13-16-5-3-7-20(27)23(16)28/h1-9,12,24H,10-11,13-14H2,(H,30,31). The second kappa shape index (κ2) is 11.2. The fourth-order valence-electron chi connectivity index (χ4n) is 3.89. The number of carbonyl (C=O) groups excluding carboxylic acids is 1. The van der Waals surface area contributed by atoms with Crippen LogP contribution in [0.2, 0.25) is 15.1 Å². The predicted octanol–water partition coefficient (Wildman–Crippen LogP) is 6.33. The van der Waals surface area contributed by atoms with Gasteiger partial charge in [0.2, 0.25) is 0 Å². The van der Waals surface area contributed by atoms with Crippen LogP contribution in [0.3, 0.4) is 0 Å². The van der Waals surface area contributed by atoms with E-state index in [9.17, 15) is 9.59 Å². The van der Waals surface area contributed by atoms with Gasteiger partial charge in [-0.05, 0) is 41.8 Å². The maximum absolute atomic E-state index is 12.6. The van der Waals surface area contributed by atoms with Crippen LogP contribution < -0.4 is 4.74 Å². The normalized spacial score (nSPS) is 15.2. The minimum absolute atomic E-state index is 0.128. The summed E-state index contributed by atoms with van der Waals surface area (Å²) in [5.74, 6) is -0.808. The van der Waals surface area contributed by atoms with E-state index in [0.717, 1.165) is 11.1 Å². The lowest BCUT2D eigenvalue weighted by Gasteiger charge is -2.36. The number of halogens is 3. The van der Waals surface area contributed by atoms with E-state index in [2.05, 4.69) is 0 Å². The quantitative estimate of drug-likeness (QED) is 0.353. The highest BCUT2D eigenvalue weighted by Gasteiger charge is 2.34. The van der Waals surface area contributed by atoms with Crippen molar-refractivity contribution in [3.05, 3.63) is 98.0 Å². The van der Waals surface area contributed by atoms with Crippen molar-refractivity contribution in [2.45, 2.75) is 19.1 Å². The Morgan fingerprint density at radius 2 is 1.80 bits per heavy atom. The Morgan fingerprint density at radius 3 is 2.60 bits per heavy atom. The number of carboxylic acids is 1. The zero-order chi connectivity index (χ0) is 24.9. The molecule has 3 aromatic rings. The molecule has 35 heavy (non-hydrogen) atoms. The van der Waals surface area contributed by atoms with E-state index in [1.165, 1.54) is 5.06 Å². The van der Waals surface area contributed by atoms with Gasteiger partial charge in [-0.3, -0.25) is 0 Å². The Bertz CT molecular complexity index is 1250. The molecule has 1 heterocycles. The van der Waals surface area contributed by atoms with Gasteiger partial charge in [0, 0.05) is 22.7 Å². The fraction of sp³-hybridized carbons (Fsp3) is 0.200. The summed E-state index contributed by atoms with van der Waals surface area (Å²) in [5, 5.41) is 11.6. The van der Waals surface area contributed by atoms with E-state index in [1.54, 1.807) is 36.4 Å². The first-order chi connectivity index (χ1) is 16.8. The summed E-state index contributed by atoms with van der Waals surface area (Å²) in [5.41, 5.74) is 3.01. The highest BCUT2D eigenvalue weighted by Crippen LogP contribution is 2.40. The average molecular weight is 537 g/mol. The van der Waals surface area contributed by atoms with Crippen molar-refractivity contribution in [2.75, 3.05) is 13.2 Å². The predicted molar refractivity (Wildman–Crippen MR) is 131 cm³/mol. The number of aliphatic carboxylic acids is 1. The monoisotopic (exact) mass is 535 g/mol. The number of benzene rings is 3. The van der Waals surface area contributed by atoms with Gasteiger partial charge in [-0.25, -0.2) is 9.59 Å². The van der Waals surface area contributed by atoms with Gasteiger partial charge in [0.25, 0.3) is 0 Å². The Kier molecular flexibility index (Phi) is 8.03. The first kappa shape index (κ1) is 25.1. The third-order valence-corrected chi connectivity index (χ3v) is 6.52. The molecule has 1 N–H and O–H groups in total. The van der Waals surface area contributed by atoms with Gasteiger partial charge in [-0.2, -0.15) is 0 Å². The molecule has 1 aliphatic heterocycles. The van der Waals surface area contributed by atoms with Crippen LogP contribution in [0.1, 0.15) is 28.3 Å². The summed E-state index contributed by atoms with van der Waals surface area (Å²) in [4.78, 5) is 29.4. The first-order valence-corrected chi connectivity index (χ1v) is 11.7. The number of hydroxylamine groups is 2. The van der Waals surface area contributed by atoms with E-state index < -0.39 is 24.8 Å². The third kappa shape index (κ3) is 6.00. The van der Waals surface area contributed by atoms with Gasteiger partial charge in [0.15, 0.2) is 6.61 Å². The van der Waals surface area contributed by atoms with Crippen LogP contribution in [-0.2, 0) is 27.4 Å². The minimum Gasteiger partial charge on any atom is -0.482 e. The summed E-state index contributed by atoms with van der Waals surface area (Å²) >= 11 is 18.5. The second-order valence-corrected chi connectivity index (χ2v) is 8.92. The van der Waals surface area contributed by atoms with Gasteiger partial charge in [-0.15, -0.1) is 5.06 Å². The van der Waals surface area contributed by atoms with Crippen LogP contribution in [0.4, 0.5) is 4.79 Å². The number of hydrogen-bond acceptors (Lipinski definition) is 6. The molecule has 0 saturated heterocycles. The summed E-state index contributed by atoms with van der Waals surface area (Å²) in [6, 6.07) is 17.0. The zero-order valence-electron chi connectivity index (χ0n) is 18.2. The topological polar surface area (TPSA) is 85.3 Å². The number of fused-ring (bicyclic) bond motifs is 1. The summed E-state index contributed by atoms with van der Waals surface area (Å²) in [6.07, 6.45) is -0.313. The zero-order valence-corrected chi connectivity index (χ0v) is 20.5. The molecule has 10 heteroatoms. The van der Waals surface area contributed by atoms with E-state index in [0.29, 0.717) is 44.9 Å². The summed E-state index contributed by atoms with van der Waals surface area (Å²) < 4.78 is 10.8. The molecule has 1 aliphatic rings. The Hall–Kier alpha value is -2.97. The number of rotatable bonds is 7. The van der Waals surface area contributed by atoms with Gasteiger partial charge in [0.1, 0.15) is 12.4 Å². The van der Waals surface area contributed by atoms with Crippen molar-refractivity contribution in [1.82, 2.24) is 5.06 Å².